The summed E-state index contributed by atoms with van der Waals surface area (Å²) in [6.45, 7) is 3.68. The Hall–Kier alpha value is -2.04. The molecule has 0 saturated heterocycles. The molecule has 0 aromatic heterocycles. The third-order valence-corrected chi connectivity index (χ3v) is 1.92. The molecule has 0 saturated carbocycles. The van der Waals surface area contributed by atoms with Gasteiger partial charge in [0.15, 0.2) is 0 Å². The molecule has 0 atom stereocenters. The summed E-state index contributed by atoms with van der Waals surface area (Å²) in [6.07, 6.45) is 0. The molecule has 1 aromatic rings. The molecule has 1 amide bonds. The minimum Gasteiger partial charge on any atom is -0.464 e. The van der Waals surface area contributed by atoms with Crippen LogP contribution >= 0.6 is 0 Å². The molecule has 0 aliphatic rings. The number of esters is 1. The summed E-state index contributed by atoms with van der Waals surface area (Å²) in [4.78, 5) is 21.4. The first-order chi connectivity index (χ1) is 8.08. The van der Waals surface area contributed by atoms with Crippen molar-refractivity contribution in [3.8, 4) is 0 Å². The number of anilines is 2. The summed E-state index contributed by atoms with van der Waals surface area (Å²) in [6, 6.07) is 7.33. The number of hydrogen-bond acceptors (Lipinski definition) is 4. The molecule has 0 bridgehead atoms. The number of ether oxygens (including phenoxy) is 1. The number of hydrogen-bond donors (Lipinski definition) is 2. The van der Waals surface area contributed by atoms with Gasteiger partial charge in [-0.2, -0.15) is 0 Å². The van der Waals surface area contributed by atoms with Crippen LogP contribution in [-0.4, -0.2) is 25.0 Å². The normalized spacial score (nSPS) is 9.53. The minimum atomic E-state index is -0.293. The van der Waals surface area contributed by atoms with Gasteiger partial charge in [0, 0.05) is 31.8 Å². The van der Waals surface area contributed by atoms with Crippen molar-refractivity contribution in [2.45, 2.75) is 13.8 Å². The number of nitrogens with one attached hydrogen (secondary N) is 2. The van der Waals surface area contributed by atoms with Crippen LogP contribution < -0.4 is 10.6 Å². The van der Waals surface area contributed by atoms with Gasteiger partial charge in [-0.3, -0.25) is 9.59 Å². The lowest BCUT2D eigenvalue weighted by molar-refractivity contribution is -0.140. The van der Waals surface area contributed by atoms with E-state index >= 15 is 0 Å². The predicted octanol–water partition coefficient (Wildman–Crippen LogP) is 1.62. The average molecular weight is 236 g/mol. The smallest absolute Gasteiger partial charge is 0.302 e. The van der Waals surface area contributed by atoms with E-state index < -0.39 is 0 Å². The van der Waals surface area contributed by atoms with Crippen molar-refractivity contribution >= 4 is 23.3 Å². The highest BCUT2D eigenvalue weighted by atomic mass is 16.5. The molecule has 0 radical (unpaired) electrons. The maximum absolute atomic E-state index is 10.9. The SMILES string of the molecule is CC(=O)Nc1cccc(NCCOC(C)=O)c1. The van der Waals surface area contributed by atoms with E-state index in [-0.39, 0.29) is 11.9 Å². The Morgan fingerprint density at radius 3 is 2.59 bits per heavy atom. The van der Waals surface area contributed by atoms with Crippen LogP contribution in [0.3, 0.4) is 0 Å². The van der Waals surface area contributed by atoms with Crippen LogP contribution in [0.15, 0.2) is 24.3 Å². The predicted molar refractivity (Wildman–Crippen MR) is 65.9 cm³/mol. The molecule has 5 nitrogen and oxygen atoms in total. The van der Waals surface area contributed by atoms with Gasteiger partial charge in [0.1, 0.15) is 6.61 Å². The lowest BCUT2D eigenvalue weighted by Crippen LogP contribution is -2.12. The fraction of sp³-hybridized carbons (Fsp3) is 0.333. The summed E-state index contributed by atoms with van der Waals surface area (Å²) < 4.78 is 4.79. The molecule has 0 heterocycles. The Bertz CT molecular complexity index is 404. The number of benzene rings is 1. The summed E-state index contributed by atoms with van der Waals surface area (Å²) in [5, 5.41) is 5.77. The summed E-state index contributed by atoms with van der Waals surface area (Å²) >= 11 is 0. The van der Waals surface area contributed by atoms with E-state index in [4.69, 9.17) is 4.74 Å². The molecule has 0 fully saturated rings. The second-order valence-electron chi connectivity index (χ2n) is 3.53. The van der Waals surface area contributed by atoms with Crippen LogP contribution in [0.1, 0.15) is 13.8 Å². The molecule has 92 valence electrons. The van der Waals surface area contributed by atoms with Crippen LogP contribution in [-0.2, 0) is 14.3 Å². The Kier molecular flexibility index (Phi) is 5.00. The zero-order valence-electron chi connectivity index (χ0n) is 9.95. The third kappa shape index (κ3) is 5.55. The van der Waals surface area contributed by atoms with Gasteiger partial charge in [-0.1, -0.05) is 6.07 Å². The van der Waals surface area contributed by atoms with Gasteiger partial charge in [0.05, 0.1) is 0 Å². The largest absolute Gasteiger partial charge is 0.464 e. The maximum Gasteiger partial charge on any atom is 0.302 e. The molecule has 1 aromatic carbocycles. The van der Waals surface area contributed by atoms with Crippen LogP contribution in [0.2, 0.25) is 0 Å². The van der Waals surface area contributed by atoms with E-state index in [0.717, 1.165) is 11.4 Å². The molecule has 0 aliphatic heterocycles. The van der Waals surface area contributed by atoms with Crippen molar-refractivity contribution in [3.05, 3.63) is 24.3 Å². The van der Waals surface area contributed by atoms with E-state index in [9.17, 15) is 9.59 Å². The van der Waals surface area contributed by atoms with E-state index in [1.165, 1.54) is 13.8 Å². The van der Waals surface area contributed by atoms with Crippen LogP contribution in [0, 0.1) is 0 Å². The van der Waals surface area contributed by atoms with Gasteiger partial charge in [0.25, 0.3) is 0 Å². The number of carbonyl (C=O) groups excluding carboxylic acids is 2. The van der Waals surface area contributed by atoms with E-state index in [0.29, 0.717) is 13.2 Å². The molecule has 2 N–H and O–H groups in total. The standard InChI is InChI=1S/C12H16N2O3/c1-9(15)14-12-5-3-4-11(8-12)13-6-7-17-10(2)16/h3-5,8,13H,6-7H2,1-2H3,(H,14,15). The van der Waals surface area contributed by atoms with Crippen molar-refractivity contribution in [1.82, 2.24) is 0 Å². The quantitative estimate of drug-likeness (QED) is 0.602. The number of amides is 1. The molecular formula is C12H16N2O3. The Labute approximate surface area is 100 Å². The first kappa shape index (κ1) is 13.0. The van der Waals surface area contributed by atoms with Gasteiger partial charge in [-0.15, -0.1) is 0 Å². The molecule has 0 spiro atoms. The molecule has 17 heavy (non-hydrogen) atoms. The maximum atomic E-state index is 10.9. The van der Waals surface area contributed by atoms with Crippen molar-refractivity contribution in [2.24, 2.45) is 0 Å². The zero-order valence-corrected chi connectivity index (χ0v) is 9.95. The van der Waals surface area contributed by atoms with Gasteiger partial charge < -0.3 is 15.4 Å². The van der Waals surface area contributed by atoms with Crippen molar-refractivity contribution in [2.75, 3.05) is 23.8 Å². The van der Waals surface area contributed by atoms with Gasteiger partial charge >= 0.3 is 5.97 Å². The monoisotopic (exact) mass is 236 g/mol. The second-order valence-corrected chi connectivity index (χ2v) is 3.53. The van der Waals surface area contributed by atoms with Crippen molar-refractivity contribution in [3.63, 3.8) is 0 Å². The van der Waals surface area contributed by atoms with Gasteiger partial charge in [0.2, 0.25) is 5.91 Å². The first-order valence-electron chi connectivity index (χ1n) is 5.33. The van der Waals surface area contributed by atoms with E-state index in [1.807, 2.05) is 18.2 Å². The minimum absolute atomic E-state index is 0.109. The second kappa shape index (κ2) is 6.52. The van der Waals surface area contributed by atoms with Crippen molar-refractivity contribution < 1.29 is 14.3 Å². The summed E-state index contributed by atoms with van der Waals surface area (Å²) in [5.74, 6) is -0.402. The Balaban J connectivity index is 2.42. The first-order valence-corrected chi connectivity index (χ1v) is 5.33. The fourth-order valence-electron chi connectivity index (χ4n) is 1.30. The summed E-state index contributed by atoms with van der Waals surface area (Å²) in [5.41, 5.74) is 1.60. The average Bonchev–Trinajstić information content (AvgIpc) is 2.24. The topological polar surface area (TPSA) is 67.4 Å². The molecule has 1 rings (SSSR count). The number of carbonyl (C=O) groups is 2. The highest BCUT2D eigenvalue weighted by Gasteiger charge is 1.98. The summed E-state index contributed by atoms with van der Waals surface area (Å²) in [7, 11) is 0. The van der Waals surface area contributed by atoms with Crippen LogP contribution in [0.25, 0.3) is 0 Å². The van der Waals surface area contributed by atoms with Gasteiger partial charge in [-0.05, 0) is 18.2 Å². The highest BCUT2D eigenvalue weighted by molar-refractivity contribution is 5.89. The molecule has 5 heteroatoms. The lowest BCUT2D eigenvalue weighted by atomic mass is 10.2. The highest BCUT2D eigenvalue weighted by Crippen LogP contribution is 2.14. The van der Waals surface area contributed by atoms with Crippen molar-refractivity contribution in [1.29, 1.82) is 0 Å². The van der Waals surface area contributed by atoms with E-state index in [1.54, 1.807) is 6.07 Å². The van der Waals surface area contributed by atoms with Crippen LogP contribution in [0.5, 0.6) is 0 Å². The third-order valence-electron chi connectivity index (χ3n) is 1.92. The van der Waals surface area contributed by atoms with Crippen LogP contribution in [0.4, 0.5) is 11.4 Å². The van der Waals surface area contributed by atoms with Gasteiger partial charge in [-0.25, -0.2) is 0 Å². The Morgan fingerprint density at radius 2 is 1.94 bits per heavy atom. The molecular weight excluding hydrogens is 220 g/mol. The lowest BCUT2D eigenvalue weighted by Gasteiger charge is -2.08. The fourth-order valence-corrected chi connectivity index (χ4v) is 1.30. The zero-order chi connectivity index (χ0) is 12.7. The molecule has 0 aliphatic carbocycles. The number of rotatable bonds is 5. The molecule has 0 unspecified atom stereocenters. The Morgan fingerprint density at radius 1 is 1.24 bits per heavy atom. The van der Waals surface area contributed by atoms with E-state index in [2.05, 4.69) is 10.6 Å².